The van der Waals surface area contributed by atoms with Crippen molar-refractivity contribution in [3.63, 3.8) is 0 Å². The number of halogens is 3. The van der Waals surface area contributed by atoms with Gasteiger partial charge in [-0.2, -0.15) is 0 Å². The Balaban J connectivity index is 1.86. The number of nitrogens with zero attached hydrogens (tertiary/aromatic N) is 4. The average Bonchev–Trinajstić information content (AvgIpc) is 3.10. The van der Waals surface area contributed by atoms with E-state index >= 15 is 0 Å². The van der Waals surface area contributed by atoms with Crippen molar-refractivity contribution in [2.24, 2.45) is 0 Å². The quantitative estimate of drug-likeness (QED) is 0.529. The molecule has 0 N–H and O–H groups in total. The fourth-order valence-corrected chi connectivity index (χ4v) is 2.95. The summed E-state index contributed by atoms with van der Waals surface area (Å²) in [6.07, 6.45) is 0. The van der Waals surface area contributed by atoms with Crippen molar-refractivity contribution in [2.75, 3.05) is 0 Å². The summed E-state index contributed by atoms with van der Waals surface area (Å²) < 4.78 is 5.69. The number of benzene rings is 1. The number of carbonyl (C=O) groups is 1. The topological polar surface area (TPSA) is 72.1 Å². The molecule has 0 atom stereocenters. The van der Waals surface area contributed by atoms with Crippen LogP contribution in [0.1, 0.15) is 30.2 Å². The first-order chi connectivity index (χ1) is 12.9. The summed E-state index contributed by atoms with van der Waals surface area (Å²) in [5.74, 6) is 0.172. The van der Waals surface area contributed by atoms with Gasteiger partial charge < -0.3 is 9.32 Å². The monoisotopic (exact) mass is 424 g/mol. The molecule has 0 aliphatic heterocycles. The van der Waals surface area contributed by atoms with Gasteiger partial charge in [0.25, 0.3) is 5.91 Å². The van der Waals surface area contributed by atoms with E-state index in [1.165, 1.54) is 17.0 Å². The molecule has 2 heterocycles. The van der Waals surface area contributed by atoms with Crippen LogP contribution in [0.3, 0.4) is 0 Å². The summed E-state index contributed by atoms with van der Waals surface area (Å²) in [6.45, 7) is 3.82. The van der Waals surface area contributed by atoms with Crippen molar-refractivity contribution in [3.8, 4) is 11.5 Å². The highest BCUT2D eigenvalue weighted by molar-refractivity contribution is 6.34. The first kappa shape index (κ1) is 19.6. The fourth-order valence-electron chi connectivity index (χ4n) is 2.40. The van der Waals surface area contributed by atoms with Gasteiger partial charge >= 0.3 is 0 Å². The Morgan fingerprint density at radius 2 is 1.81 bits per heavy atom. The zero-order chi connectivity index (χ0) is 19.6. The molecular formula is C18H15Cl3N4O2. The molecule has 2 aromatic heterocycles. The maximum absolute atomic E-state index is 12.9. The third-order valence-electron chi connectivity index (χ3n) is 3.78. The first-order valence-corrected chi connectivity index (χ1v) is 9.20. The lowest BCUT2D eigenvalue weighted by molar-refractivity contribution is 0.0666. The Bertz CT molecular complexity index is 975. The second kappa shape index (κ2) is 8.25. The first-order valence-electron chi connectivity index (χ1n) is 8.07. The van der Waals surface area contributed by atoms with Crippen LogP contribution in [-0.2, 0) is 6.54 Å². The minimum atomic E-state index is -0.380. The molecule has 6 nitrogen and oxygen atoms in total. The van der Waals surface area contributed by atoms with Crippen molar-refractivity contribution in [1.82, 2.24) is 20.1 Å². The zero-order valence-electron chi connectivity index (χ0n) is 14.5. The molecule has 9 heteroatoms. The third kappa shape index (κ3) is 4.40. The summed E-state index contributed by atoms with van der Waals surface area (Å²) in [5.41, 5.74) is 0.698. The van der Waals surface area contributed by atoms with E-state index in [1.54, 1.807) is 12.1 Å². The molecule has 0 saturated heterocycles. The summed E-state index contributed by atoms with van der Waals surface area (Å²) in [7, 11) is 0. The minimum Gasteiger partial charge on any atom is -0.419 e. The van der Waals surface area contributed by atoms with Crippen molar-refractivity contribution in [3.05, 3.63) is 63.2 Å². The highest BCUT2D eigenvalue weighted by Crippen LogP contribution is 2.27. The van der Waals surface area contributed by atoms with E-state index in [-0.39, 0.29) is 46.1 Å². The minimum absolute atomic E-state index is 0.0729. The highest BCUT2D eigenvalue weighted by Gasteiger charge is 2.25. The molecule has 1 amide bonds. The summed E-state index contributed by atoms with van der Waals surface area (Å²) in [6, 6.07) is 10.0. The van der Waals surface area contributed by atoms with Crippen LogP contribution in [0.25, 0.3) is 11.5 Å². The van der Waals surface area contributed by atoms with Gasteiger partial charge in [-0.1, -0.05) is 46.9 Å². The Kier molecular flexibility index (Phi) is 5.99. The maximum Gasteiger partial charge on any atom is 0.274 e. The molecule has 3 rings (SSSR count). The van der Waals surface area contributed by atoms with Crippen LogP contribution >= 0.6 is 34.8 Å². The molecular weight excluding hydrogens is 411 g/mol. The lowest BCUT2D eigenvalue weighted by atomic mass is 10.2. The molecule has 0 aliphatic rings. The van der Waals surface area contributed by atoms with Gasteiger partial charge in [0, 0.05) is 6.04 Å². The molecule has 0 unspecified atom stereocenters. The number of pyridine rings is 1. The second-order valence-electron chi connectivity index (χ2n) is 5.97. The number of rotatable bonds is 5. The normalized spacial score (nSPS) is 11.0. The molecule has 0 bridgehead atoms. The average molecular weight is 426 g/mol. The number of hydrogen-bond donors (Lipinski definition) is 0. The predicted molar refractivity (Wildman–Crippen MR) is 104 cm³/mol. The van der Waals surface area contributed by atoms with E-state index in [9.17, 15) is 4.79 Å². The van der Waals surface area contributed by atoms with E-state index in [0.29, 0.717) is 10.6 Å². The second-order valence-corrected chi connectivity index (χ2v) is 7.17. The lowest BCUT2D eigenvalue weighted by Crippen LogP contribution is -2.37. The van der Waals surface area contributed by atoms with Gasteiger partial charge in [0.15, 0.2) is 0 Å². The van der Waals surface area contributed by atoms with Crippen molar-refractivity contribution in [1.29, 1.82) is 0 Å². The van der Waals surface area contributed by atoms with Crippen LogP contribution in [0, 0.1) is 0 Å². The third-order valence-corrected chi connectivity index (χ3v) is 4.62. The van der Waals surface area contributed by atoms with Crippen molar-refractivity contribution < 1.29 is 9.21 Å². The lowest BCUT2D eigenvalue weighted by Gasteiger charge is -2.25. The van der Waals surface area contributed by atoms with Crippen molar-refractivity contribution in [2.45, 2.75) is 26.4 Å². The number of aromatic nitrogens is 3. The summed E-state index contributed by atoms with van der Waals surface area (Å²) in [4.78, 5) is 18.5. The van der Waals surface area contributed by atoms with Crippen LogP contribution in [0.2, 0.25) is 15.2 Å². The van der Waals surface area contributed by atoms with Gasteiger partial charge in [0.2, 0.25) is 11.8 Å². The summed E-state index contributed by atoms with van der Waals surface area (Å²) >= 11 is 18.2. The molecule has 0 fully saturated rings. The Morgan fingerprint density at radius 1 is 1.07 bits per heavy atom. The van der Waals surface area contributed by atoms with E-state index in [0.717, 1.165) is 0 Å². The SMILES string of the molecule is CC(C)N(Cc1nnc(-c2ccccc2Cl)o1)C(=O)c1nc(Cl)ccc1Cl. The molecule has 0 radical (unpaired) electrons. The number of carbonyl (C=O) groups excluding carboxylic acids is 1. The van der Waals surface area contributed by atoms with Crippen LogP contribution in [0.15, 0.2) is 40.8 Å². The van der Waals surface area contributed by atoms with Crippen molar-refractivity contribution >= 4 is 40.7 Å². The highest BCUT2D eigenvalue weighted by atomic mass is 35.5. The van der Waals surface area contributed by atoms with E-state index in [4.69, 9.17) is 39.2 Å². The molecule has 0 spiro atoms. The van der Waals surface area contributed by atoms with Crippen LogP contribution < -0.4 is 0 Å². The van der Waals surface area contributed by atoms with Gasteiger partial charge in [-0.05, 0) is 38.1 Å². The van der Waals surface area contributed by atoms with Crippen LogP contribution in [0.4, 0.5) is 0 Å². The van der Waals surface area contributed by atoms with E-state index in [2.05, 4.69) is 15.2 Å². The molecule has 0 saturated carbocycles. The number of amides is 1. The van der Waals surface area contributed by atoms with Crippen LogP contribution in [-0.4, -0.2) is 32.0 Å². The van der Waals surface area contributed by atoms with E-state index in [1.807, 2.05) is 26.0 Å². The Hall–Kier alpha value is -2.15. The largest absolute Gasteiger partial charge is 0.419 e. The summed E-state index contributed by atoms with van der Waals surface area (Å²) in [5, 5.41) is 8.95. The molecule has 1 aromatic carbocycles. The number of hydrogen-bond acceptors (Lipinski definition) is 5. The molecule has 27 heavy (non-hydrogen) atoms. The van der Waals surface area contributed by atoms with Gasteiger partial charge in [-0.3, -0.25) is 4.79 Å². The maximum atomic E-state index is 12.9. The van der Waals surface area contributed by atoms with Gasteiger partial charge in [0.05, 0.1) is 22.2 Å². The van der Waals surface area contributed by atoms with Gasteiger partial charge in [-0.25, -0.2) is 4.98 Å². The predicted octanol–water partition coefficient (Wildman–Crippen LogP) is 5.14. The smallest absolute Gasteiger partial charge is 0.274 e. The Labute approximate surface area is 171 Å². The van der Waals surface area contributed by atoms with Gasteiger partial charge in [0.1, 0.15) is 10.8 Å². The molecule has 140 valence electrons. The van der Waals surface area contributed by atoms with Gasteiger partial charge in [-0.15, -0.1) is 10.2 Å². The Morgan fingerprint density at radius 3 is 2.52 bits per heavy atom. The molecule has 0 aliphatic carbocycles. The van der Waals surface area contributed by atoms with E-state index < -0.39 is 0 Å². The molecule has 3 aromatic rings. The zero-order valence-corrected chi connectivity index (χ0v) is 16.8. The van der Waals surface area contributed by atoms with Crippen LogP contribution in [0.5, 0.6) is 0 Å². The standard InChI is InChI=1S/C18H15Cl3N4O2/c1-10(2)25(18(26)16-13(20)7-8-14(21)22-16)9-15-23-24-17(27-15)11-5-3-4-6-12(11)19/h3-8,10H,9H2,1-2H3. The fraction of sp³-hybridized carbons (Fsp3) is 0.222.